The van der Waals surface area contributed by atoms with Crippen LogP contribution >= 0.6 is 7.37 Å². The molecule has 0 aromatic carbocycles. The van der Waals surface area contributed by atoms with Crippen molar-refractivity contribution in [2.75, 3.05) is 13.3 Å². The minimum absolute atomic E-state index is 0.154. The largest absolute Gasteiger partial charge is 0.511 e. The van der Waals surface area contributed by atoms with Gasteiger partial charge in [-0.25, -0.2) is 0 Å². The van der Waals surface area contributed by atoms with E-state index in [1.807, 2.05) is 13.8 Å². The normalized spacial score (nSPS) is 17.1. The molecule has 0 heterocycles. The molecular formula is C9H16NO3P. The molecule has 0 aliphatic rings. The molecular weight excluding hydrogens is 201 g/mol. The number of rotatable bonds is 4. The topological polar surface area (TPSA) is 70.3 Å². The van der Waals surface area contributed by atoms with E-state index in [1.165, 1.54) is 13.6 Å². The molecule has 5 heteroatoms. The Balaban J connectivity index is 4.72. The van der Waals surface area contributed by atoms with Crippen LogP contribution in [0.2, 0.25) is 0 Å². The number of hydrogen-bond donors (Lipinski definition) is 1. The molecule has 0 aliphatic carbocycles. The zero-order valence-corrected chi connectivity index (χ0v) is 9.84. The maximum absolute atomic E-state index is 11.8. The van der Waals surface area contributed by atoms with Crippen LogP contribution in [0.3, 0.4) is 0 Å². The van der Waals surface area contributed by atoms with Crippen LogP contribution in [-0.4, -0.2) is 18.4 Å². The molecule has 0 aliphatic heterocycles. The maximum atomic E-state index is 11.8. The van der Waals surface area contributed by atoms with Crippen molar-refractivity contribution in [1.82, 2.24) is 0 Å². The third kappa shape index (κ3) is 3.95. The number of aliphatic hydroxyl groups excluding tert-OH is 1. The fraction of sp³-hybridized carbons (Fsp3) is 0.667. The molecule has 0 aromatic heterocycles. The quantitative estimate of drug-likeness (QED) is 0.446. The van der Waals surface area contributed by atoms with Crippen molar-refractivity contribution in [2.24, 2.45) is 5.92 Å². The minimum Gasteiger partial charge on any atom is -0.511 e. The number of nitriles is 1. The van der Waals surface area contributed by atoms with E-state index in [0.29, 0.717) is 6.61 Å². The molecule has 14 heavy (non-hydrogen) atoms. The van der Waals surface area contributed by atoms with Gasteiger partial charge in [0.1, 0.15) is 11.8 Å². The number of nitrogens with zero attached hydrogens (tertiary/aromatic N) is 1. The zero-order valence-electron chi connectivity index (χ0n) is 8.94. The van der Waals surface area contributed by atoms with Crippen molar-refractivity contribution < 1.29 is 14.2 Å². The van der Waals surface area contributed by atoms with Gasteiger partial charge >= 0.3 is 0 Å². The van der Waals surface area contributed by atoms with Crippen molar-refractivity contribution in [2.45, 2.75) is 20.8 Å². The van der Waals surface area contributed by atoms with Crippen LogP contribution in [0.5, 0.6) is 0 Å². The molecule has 0 spiro atoms. The average molecular weight is 217 g/mol. The van der Waals surface area contributed by atoms with Gasteiger partial charge < -0.3 is 9.63 Å². The lowest BCUT2D eigenvalue weighted by atomic mass is 10.2. The number of hydrogen-bond acceptors (Lipinski definition) is 4. The van der Waals surface area contributed by atoms with Gasteiger partial charge in [0.25, 0.3) is 0 Å². The zero-order chi connectivity index (χ0) is 11.4. The fourth-order valence-electron chi connectivity index (χ4n) is 0.821. The van der Waals surface area contributed by atoms with Gasteiger partial charge in [0.15, 0.2) is 5.31 Å². The molecule has 0 saturated carbocycles. The first-order valence-corrected chi connectivity index (χ1v) is 6.41. The highest BCUT2D eigenvalue weighted by Crippen LogP contribution is 2.52. The van der Waals surface area contributed by atoms with Crippen LogP contribution in [0.4, 0.5) is 0 Å². The third-order valence-corrected chi connectivity index (χ3v) is 3.39. The Morgan fingerprint density at radius 1 is 1.64 bits per heavy atom. The predicted molar refractivity (Wildman–Crippen MR) is 55.3 cm³/mol. The first-order chi connectivity index (χ1) is 6.31. The van der Waals surface area contributed by atoms with Crippen LogP contribution in [0.15, 0.2) is 11.1 Å². The van der Waals surface area contributed by atoms with Crippen LogP contribution in [0.25, 0.3) is 0 Å². The summed E-state index contributed by atoms with van der Waals surface area (Å²) in [4.78, 5) is 0. The summed E-state index contributed by atoms with van der Waals surface area (Å²) < 4.78 is 16.9. The Kier molecular flexibility index (Phi) is 4.90. The van der Waals surface area contributed by atoms with Gasteiger partial charge in [0.05, 0.1) is 6.61 Å². The van der Waals surface area contributed by atoms with Crippen LogP contribution in [0, 0.1) is 17.2 Å². The molecule has 1 unspecified atom stereocenters. The molecule has 0 bridgehead atoms. The highest BCUT2D eigenvalue weighted by Gasteiger charge is 2.25. The lowest BCUT2D eigenvalue weighted by molar-refractivity contribution is 0.276. The predicted octanol–water partition coefficient (Wildman–Crippen LogP) is 2.88. The highest BCUT2D eigenvalue weighted by molar-refractivity contribution is 7.63. The first-order valence-electron chi connectivity index (χ1n) is 4.33. The average Bonchev–Trinajstić information content (AvgIpc) is 2.01. The molecule has 0 radical (unpaired) electrons. The van der Waals surface area contributed by atoms with Crippen molar-refractivity contribution >= 4 is 7.37 Å². The van der Waals surface area contributed by atoms with E-state index in [-0.39, 0.29) is 17.0 Å². The monoisotopic (exact) mass is 217 g/mol. The summed E-state index contributed by atoms with van der Waals surface area (Å²) in [6.45, 7) is 6.82. The lowest BCUT2D eigenvalue weighted by Crippen LogP contribution is -2.01. The number of allylic oxidation sites excluding steroid dienone is 2. The molecule has 0 rings (SSSR count). The molecule has 0 fully saturated rings. The van der Waals surface area contributed by atoms with Gasteiger partial charge in [-0.2, -0.15) is 5.26 Å². The van der Waals surface area contributed by atoms with E-state index >= 15 is 0 Å². The van der Waals surface area contributed by atoms with Gasteiger partial charge in [-0.05, 0) is 12.8 Å². The van der Waals surface area contributed by atoms with E-state index in [4.69, 9.17) is 14.9 Å². The Morgan fingerprint density at radius 2 is 2.14 bits per heavy atom. The van der Waals surface area contributed by atoms with Gasteiger partial charge in [-0.3, -0.25) is 4.57 Å². The van der Waals surface area contributed by atoms with Crippen LogP contribution in [-0.2, 0) is 9.09 Å². The highest BCUT2D eigenvalue weighted by atomic mass is 31.2. The molecule has 0 amide bonds. The van der Waals surface area contributed by atoms with Gasteiger partial charge in [-0.15, -0.1) is 0 Å². The Hall–Kier alpha value is -0.780. The van der Waals surface area contributed by atoms with Crippen molar-refractivity contribution in [3.05, 3.63) is 11.1 Å². The van der Waals surface area contributed by atoms with Crippen LogP contribution in [0.1, 0.15) is 20.8 Å². The van der Waals surface area contributed by atoms with Gasteiger partial charge in [0.2, 0.25) is 7.37 Å². The Labute approximate surface area is 84.6 Å². The van der Waals surface area contributed by atoms with Crippen molar-refractivity contribution in [3.63, 3.8) is 0 Å². The molecule has 0 saturated heterocycles. The summed E-state index contributed by atoms with van der Waals surface area (Å²) >= 11 is 0. The Morgan fingerprint density at radius 3 is 2.43 bits per heavy atom. The third-order valence-electron chi connectivity index (χ3n) is 1.51. The molecule has 80 valence electrons. The standard InChI is InChI=1S/C9H16NO3P/c1-7(2)6-13-14(4,12)9(5-10)8(3)11/h7,11H,6H2,1-4H3. The summed E-state index contributed by atoms with van der Waals surface area (Å²) in [7, 11) is -3.14. The summed E-state index contributed by atoms with van der Waals surface area (Å²) in [5, 5.41) is 17.6. The second kappa shape index (κ2) is 5.19. The van der Waals surface area contributed by atoms with Crippen molar-refractivity contribution in [1.29, 1.82) is 5.26 Å². The molecule has 0 aromatic rings. The second-order valence-electron chi connectivity index (χ2n) is 3.58. The smallest absolute Gasteiger partial charge is 0.242 e. The van der Waals surface area contributed by atoms with E-state index in [1.54, 1.807) is 6.07 Å². The van der Waals surface area contributed by atoms with Gasteiger partial charge in [-0.1, -0.05) is 13.8 Å². The van der Waals surface area contributed by atoms with E-state index in [0.717, 1.165) is 0 Å². The van der Waals surface area contributed by atoms with E-state index in [2.05, 4.69) is 0 Å². The van der Waals surface area contributed by atoms with E-state index in [9.17, 15) is 4.57 Å². The minimum atomic E-state index is -3.14. The SMILES string of the molecule is CC(O)=C(C#N)P(C)(=O)OCC(C)C. The summed E-state index contributed by atoms with van der Waals surface area (Å²) in [6, 6.07) is 1.71. The maximum Gasteiger partial charge on any atom is 0.242 e. The second-order valence-corrected chi connectivity index (χ2v) is 5.98. The molecule has 1 N–H and O–H groups in total. The summed E-state index contributed by atoms with van der Waals surface area (Å²) in [5.74, 6) is 0.00399. The fourth-order valence-corrected chi connectivity index (χ4v) is 2.30. The Bertz CT molecular complexity index is 311. The molecule has 4 nitrogen and oxygen atoms in total. The number of aliphatic hydroxyl groups is 1. The van der Waals surface area contributed by atoms with Gasteiger partial charge in [0, 0.05) is 6.66 Å². The lowest BCUT2D eigenvalue weighted by Gasteiger charge is -2.14. The van der Waals surface area contributed by atoms with Crippen molar-refractivity contribution in [3.8, 4) is 6.07 Å². The van der Waals surface area contributed by atoms with E-state index < -0.39 is 7.37 Å². The van der Waals surface area contributed by atoms with Crippen LogP contribution < -0.4 is 0 Å². The molecule has 1 atom stereocenters. The first kappa shape index (κ1) is 13.2. The summed E-state index contributed by atoms with van der Waals surface area (Å²) in [5.41, 5.74) is 0. The summed E-state index contributed by atoms with van der Waals surface area (Å²) in [6.07, 6.45) is 0.